The smallest absolute Gasteiger partial charge is 0.195 e. The standard InChI is InChI=1S/C29H31N3O/c1-20(2)14-30-15-22(4)16-32-18-26(25-17-31(5)28-9-7-6-8-24(25)28)27(19-32)29(33)23-12-10-21(3)11-13-23/h6-15,17-19,30H,16H2,1-5H3/b22-15+. The van der Waals surface area contributed by atoms with Gasteiger partial charge in [0.2, 0.25) is 0 Å². The molecule has 0 aliphatic carbocycles. The molecule has 2 aromatic heterocycles. The lowest BCUT2D eigenvalue weighted by Crippen LogP contribution is -2.03. The summed E-state index contributed by atoms with van der Waals surface area (Å²) < 4.78 is 4.23. The van der Waals surface area contributed by atoms with Crippen LogP contribution in [0.25, 0.3) is 22.0 Å². The molecule has 0 radical (unpaired) electrons. The molecular weight excluding hydrogens is 406 g/mol. The Labute approximate surface area is 195 Å². The highest BCUT2D eigenvalue weighted by atomic mass is 16.1. The molecule has 0 amide bonds. The van der Waals surface area contributed by atoms with Crippen LogP contribution in [0.5, 0.6) is 0 Å². The van der Waals surface area contributed by atoms with Gasteiger partial charge in [0, 0.05) is 71.5 Å². The Morgan fingerprint density at radius 3 is 2.36 bits per heavy atom. The lowest BCUT2D eigenvalue weighted by Gasteiger charge is -2.04. The number of aromatic nitrogens is 2. The minimum atomic E-state index is 0.0426. The van der Waals surface area contributed by atoms with Crippen LogP contribution in [0.3, 0.4) is 0 Å². The van der Waals surface area contributed by atoms with Crippen molar-refractivity contribution in [3.05, 3.63) is 107 Å². The van der Waals surface area contributed by atoms with Crippen molar-refractivity contribution in [2.45, 2.75) is 34.2 Å². The molecule has 1 N–H and O–H groups in total. The van der Waals surface area contributed by atoms with Crippen LogP contribution in [-0.2, 0) is 13.6 Å². The zero-order chi connectivity index (χ0) is 23.5. The molecule has 0 fully saturated rings. The Kier molecular flexibility index (Phi) is 6.36. The quantitative estimate of drug-likeness (QED) is 0.331. The van der Waals surface area contributed by atoms with Gasteiger partial charge in [-0.1, -0.05) is 53.6 Å². The molecule has 0 aliphatic rings. The summed E-state index contributed by atoms with van der Waals surface area (Å²) in [4.78, 5) is 13.6. The van der Waals surface area contributed by atoms with E-state index in [2.05, 4.69) is 59.7 Å². The number of allylic oxidation sites excluding steroid dienone is 2. The van der Waals surface area contributed by atoms with E-state index in [1.54, 1.807) is 0 Å². The van der Waals surface area contributed by atoms with E-state index in [0.29, 0.717) is 12.1 Å². The Bertz CT molecular complexity index is 1360. The number of aryl methyl sites for hydroxylation is 2. The molecule has 0 saturated heterocycles. The molecule has 4 heteroatoms. The van der Waals surface area contributed by atoms with Gasteiger partial charge in [-0.2, -0.15) is 0 Å². The lowest BCUT2D eigenvalue weighted by molar-refractivity contribution is 0.103. The Hall–Kier alpha value is -3.79. The molecule has 33 heavy (non-hydrogen) atoms. The minimum absolute atomic E-state index is 0.0426. The first-order valence-corrected chi connectivity index (χ1v) is 11.2. The Balaban J connectivity index is 1.79. The van der Waals surface area contributed by atoms with E-state index in [1.165, 1.54) is 11.1 Å². The molecule has 168 valence electrons. The van der Waals surface area contributed by atoms with Gasteiger partial charge in [0.1, 0.15) is 0 Å². The maximum absolute atomic E-state index is 13.6. The summed E-state index contributed by atoms with van der Waals surface area (Å²) in [6.45, 7) is 8.93. The Morgan fingerprint density at radius 2 is 1.64 bits per heavy atom. The number of ketones is 1. The van der Waals surface area contributed by atoms with Crippen molar-refractivity contribution in [1.82, 2.24) is 14.5 Å². The van der Waals surface area contributed by atoms with Crippen LogP contribution >= 0.6 is 0 Å². The molecule has 4 aromatic rings. The van der Waals surface area contributed by atoms with Crippen molar-refractivity contribution in [2.75, 3.05) is 0 Å². The van der Waals surface area contributed by atoms with Crippen LogP contribution < -0.4 is 5.32 Å². The molecule has 2 heterocycles. The summed E-state index contributed by atoms with van der Waals surface area (Å²) in [7, 11) is 2.05. The van der Waals surface area contributed by atoms with Gasteiger partial charge in [0.15, 0.2) is 5.78 Å². The number of carbonyl (C=O) groups excluding carboxylic acids is 1. The fourth-order valence-electron chi connectivity index (χ4n) is 4.10. The van der Waals surface area contributed by atoms with Crippen LogP contribution in [0.2, 0.25) is 0 Å². The molecule has 0 spiro atoms. The van der Waals surface area contributed by atoms with E-state index in [4.69, 9.17) is 0 Å². The third kappa shape index (κ3) is 4.85. The van der Waals surface area contributed by atoms with Gasteiger partial charge in [0.25, 0.3) is 0 Å². The van der Waals surface area contributed by atoms with E-state index in [0.717, 1.165) is 33.2 Å². The van der Waals surface area contributed by atoms with Crippen molar-refractivity contribution in [1.29, 1.82) is 0 Å². The summed E-state index contributed by atoms with van der Waals surface area (Å²) in [5.41, 5.74) is 8.14. The van der Waals surface area contributed by atoms with E-state index in [-0.39, 0.29) is 5.78 Å². The summed E-state index contributed by atoms with van der Waals surface area (Å²) in [6.07, 6.45) is 10.2. The number of rotatable bonds is 7. The summed E-state index contributed by atoms with van der Waals surface area (Å²) in [5, 5.41) is 4.38. The van der Waals surface area contributed by atoms with E-state index in [1.807, 2.05) is 69.0 Å². The first kappa shape index (κ1) is 22.4. The zero-order valence-corrected chi connectivity index (χ0v) is 20.0. The predicted molar refractivity (Wildman–Crippen MR) is 137 cm³/mol. The van der Waals surface area contributed by atoms with Crippen molar-refractivity contribution < 1.29 is 4.79 Å². The topological polar surface area (TPSA) is 39.0 Å². The fourth-order valence-corrected chi connectivity index (χ4v) is 4.10. The van der Waals surface area contributed by atoms with Crippen LogP contribution in [-0.4, -0.2) is 14.9 Å². The SMILES string of the molecule is CC(C)=CN/C=C(\C)Cn1cc(C(=O)c2ccc(C)cc2)c(-c2cn(C)c3ccccc23)c1. The average molecular weight is 438 g/mol. The maximum atomic E-state index is 13.6. The highest BCUT2D eigenvalue weighted by molar-refractivity contribution is 6.14. The number of carbonyl (C=O) groups is 1. The van der Waals surface area contributed by atoms with Gasteiger partial charge in [0.05, 0.1) is 0 Å². The number of hydrogen-bond acceptors (Lipinski definition) is 2. The van der Waals surface area contributed by atoms with Crippen LogP contribution in [0.1, 0.15) is 42.3 Å². The summed E-state index contributed by atoms with van der Waals surface area (Å²) >= 11 is 0. The van der Waals surface area contributed by atoms with Gasteiger partial charge in [-0.15, -0.1) is 0 Å². The predicted octanol–water partition coefficient (Wildman–Crippen LogP) is 6.60. The van der Waals surface area contributed by atoms with Crippen molar-refractivity contribution in [3.8, 4) is 11.1 Å². The summed E-state index contributed by atoms with van der Waals surface area (Å²) in [6, 6.07) is 16.1. The number of benzene rings is 2. The van der Waals surface area contributed by atoms with E-state index in [9.17, 15) is 4.79 Å². The van der Waals surface area contributed by atoms with Gasteiger partial charge in [-0.25, -0.2) is 0 Å². The van der Waals surface area contributed by atoms with Crippen molar-refractivity contribution in [3.63, 3.8) is 0 Å². The van der Waals surface area contributed by atoms with Gasteiger partial charge >= 0.3 is 0 Å². The second kappa shape index (κ2) is 9.37. The van der Waals surface area contributed by atoms with Gasteiger partial charge in [-0.05, 0) is 45.5 Å². The average Bonchev–Trinajstić information content (AvgIpc) is 3.34. The van der Waals surface area contributed by atoms with E-state index < -0.39 is 0 Å². The molecule has 0 saturated carbocycles. The van der Waals surface area contributed by atoms with Crippen molar-refractivity contribution in [2.24, 2.45) is 7.05 Å². The highest BCUT2D eigenvalue weighted by Gasteiger charge is 2.20. The number of fused-ring (bicyclic) bond motifs is 1. The first-order valence-electron chi connectivity index (χ1n) is 11.2. The third-order valence-electron chi connectivity index (χ3n) is 5.76. The zero-order valence-electron chi connectivity index (χ0n) is 20.0. The van der Waals surface area contributed by atoms with Crippen LogP contribution in [0.4, 0.5) is 0 Å². The van der Waals surface area contributed by atoms with Crippen LogP contribution in [0.15, 0.2) is 90.7 Å². The molecule has 0 bridgehead atoms. The lowest BCUT2D eigenvalue weighted by atomic mass is 9.97. The monoisotopic (exact) mass is 437 g/mol. The van der Waals surface area contributed by atoms with Crippen LogP contribution in [0, 0.1) is 6.92 Å². The number of nitrogens with zero attached hydrogens (tertiary/aromatic N) is 2. The largest absolute Gasteiger partial charge is 0.368 e. The molecule has 4 rings (SSSR count). The van der Waals surface area contributed by atoms with Gasteiger partial charge < -0.3 is 14.5 Å². The first-order chi connectivity index (χ1) is 15.8. The second-order valence-corrected chi connectivity index (χ2v) is 9.00. The second-order valence-electron chi connectivity index (χ2n) is 9.00. The number of hydrogen-bond donors (Lipinski definition) is 1. The summed E-state index contributed by atoms with van der Waals surface area (Å²) in [5.74, 6) is 0.0426. The third-order valence-corrected chi connectivity index (χ3v) is 5.76. The molecular formula is C29H31N3O. The van der Waals surface area contributed by atoms with E-state index >= 15 is 0 Å². The number of nitrogens with one attached hydrogen (secondary N) is 1. The fraction of sp³-hybridized carbons (Fsp3) is 0.207. The number of para-hydroxylation sites is 1. The highest BCUT2D eigenvalue weighted by Crippen LogP contribution is 2.34. The molecule has 2 aromatic carbocycles. The molecule has 0 atom stereocenters. The van der Waals surface area contributed by atoms with Gasteiger partial charge in [-0.3, -0.25) is 4.79 Å². The maximum Gasteiger partial charge on any atom is 0.195 e. The normalized spacial score (nSPS) is 11.6. The minimum Gasteiger partial charge on any atom is -0.368 e. The van der Waals surface area contributed by atoms with Crippen molar-refractivity contribution >= 4 is 16.7 Å². The molecule has 0 unspecified atom stereocenters. The Morgan fingerprint density at radius 1 is 0.909 bits per heavy atom. The molecule has 0 aliphatic heterocycles. The molecule has 4 nitrogen and oxygen atoms in total.